The highest BCUT2D eigenvalue weighted by atomic mass is 79.9. The number of pyridine rings is 1. The molecule has 27 heavy (non-hydrogen) atoms. The molecule has 0 radical (unpaired) electrons. The van der Waals surface area contributed by atoms with E-state index < -0.39 is 10.0 Å². The Bertz CT molecular complexity index is 1120. The Balaban J connectivity index is 2.14. The molecular formula is C20H24BrN3O2S. The minimum Gasteiger partial charge on any atom is -0.331 e. The van der Waals surface area contributed by atoms with Crippen LogP contribution in [0, 0.1) is 20.8 Å². The molecule has 3 aromatic rings. The van der Waals surface area contributed by atoms with E-state index in [0.29, 0.717) is 12.1 Å². The van der Waals surface area contributed by atoms with Crippen molar-refractivity contribution in [2.45, 2.75) is 51.5 Å². The van der Waals surface area contributed by atoms with Crippen molar-refractivity contribution >= 4 is 37.0 Å². The lowest BCUT2D eigenvalue weighted by atomic mass is 9.87. The lowest BCUT2D eigenvalue weighted by Crippen LogP contribution is -2.19. The van der Waals surface area contributed by atoms with Crippen molar-refractivity contribution in [3.8, 4) is 0 Å². The third-order valence-corrected chi connectivity index (χ3v) is 6.98. The standard InChI is InChI=1S/C20H24BrN3O2S/c1-5-15(10-24-11-17(21)16-7-6-8-23-20(16)24)18-12(2)9-13(3)19(14(18)4)27(22,25)26/h6-9,11,15H,5,10H2,1-4H3,(H2,22,25,26)/t15-/m1/s1. The summed E-state index contributed by atoms with van der Waals surface area (Å²) in [5.74, 6) is 0.149. The van der Waals surface area contributed by atoms with Crippen LogP contribution in [0.4, 0.5) is 0 Å². The summed E-state index contributed by atoms with van der Waals surface area (Å²) in [6.45, 7) is 8.52. The summed E-state index contributed by atoms with van der Waals surface area (Å²) in [6, 6.07) is 5.87. The molecular weight excluding hydrogens is 426 g/mol. The lowest BCUT2D eigenvalue weighted by molar-refractivity contribution is 0.547. The maximum Gasteiger partial charge on any atom is 0.238 e. The summed E-state index contributed by atoms with van der Waals surface area (Å²) in [6.07, 6.45) is 4.70. The van der Waals surface area contributed by atoms with Gasteiger partial charge in [0.2, 0.25) is 10.0 Å². The third kappa shape index (κ3) is 3.68. The van der Waals surface area contributed by atoms with Crippen LogP contribution in [0.5, 0.6) is 0 Å². The normalized spacial score (nSPS) is 13.3. The van der Waals surface area contributed by atoms with E-state index in [-0.39, 0.29) is 10.8 Å². The predicted octanol–water partition coefficient (Wildman–Crippen LogP) is 4.57. The average molecular weight is 450 g/mol. The van der Waals surface area contributed by atoms with Gasteiger partial charge < -0.3 is 4.57 Å². The zero-order chi connectivity index (χ0) is 19.9. The van der Waals surface area contributed by atoms with Crippen molar-refractivity contribution in [2.24, 2.45) is 5.14 Å². The minimum atomic E-state index is -3.78. The van der Waals surface area contributed by atoms with Crippen LogP contribution >= 0.6 is 15.9 Å². The fraction of sp³-hybridized carbons (Fsp3) is 0.350. The SMILES string of the molecule is CC[C@H](Cn1cc(Br)c2cccnc21)c1c(C)cc(C)c(S(N)(=O)=O)c1C. The van der Waals surface area contributed by atoms with E-state index >= 15 is 0 Å². The molecule has 0 unspecified atom stereocenters. The fourth-order valence-corrected chi connectivity index (χ4v) is 5.73. The van der Waals surface area contributed by atoms with Crippen LogP contribution < -0.4 is 5.14 Å². The first-order valence-corrected chi connectivity index (χ1v) is 11.2. The van der Waals surface area contributed by atoms with Gasteiger partial charge in [0.25, 0.3) is 0 Å². The van der Waals surface area contributed by atoms with Gasteiger partial charge in [-0.15, -0.1) is 0 Å². The number of aromatic nitrogens is 2. The summed E-state index contributed by atoms with van der Waals surface area (Å²) in [5, 5.41) is 6.56. The highest BCUT2D eigenvalue weighted by Crippen LogP contribution is 2.35. The van der Waals surface area contributed by atoms with Crippen molar-refractivity contribution in [3.63, 3.8) is 0 Å². The molecule has 2 N–H and O–H groups in total. The maximum absolute atomic E-state index is 12.1. The molecule has 0 amide bonds. The van der Waals surface area contributed by atoms with E-state index in [1.54, 1.807) is 13.1 Å². The van der Waals surface area contributed by atoms with Gasteiger partial charge in [-0.25, -0.2) is 18.5 Å². The second kappa shape index (κ2) is 7.37. The number of hydrogen-bond acceptors (Lipinski definition) is 3. The summed E-state index contributed by atoms with van der Waals surface area (Å²) in [5.41, 5.74) is 4.51. The van der Waals surface area contributed by atoms with Gasteiger partial charge in [-0.1, -0.05) is 13.0 Å². The first-order chi connectivity index (χ1) is 12.6. The molecule has 1 atom stereocenters. The lowest BCUT2D eigenvalue weighted by Gasteiger charge is -2.24. The third-order valence-electron chi connectivity index (χ3n) is 5.15. The van der Waals surface area contributed by atoms with Gasteiger partial charge >= 0.3 is 0 Å². The quantitative estimate of drug-likeness (QED) is 0.619. The number of benzene rings is 1. The Morgan fingerprint density at radius 1 is 1.26 bits per heavy atom. The van der Waals surface area contributed by atoms with Gasteiger partial charge in [0.1, 0.15) is 5.65 Å². The first-order valence-electron chi connectivity index (χ1n) is 8.88. The van der Waals surface area contributed by atoms with Gasteiger partial charge in [0.05, 0.1) is 4.90 Å². The molecule has 0 aliphatic rings. The molecule has 7 heteroatoms. The molecule has 0 saturated carbocycles. The molecule has 0 spiro atoms. The molecule has 0 aliphatic carbocycles. The van der Waals surface area contributed by atoms with Crippen LogP contribution in [0.25, 0.3) is 11.0 Å². The second-order valence-corrected chi connectivity index (χ2v) is 9.38. The van der Waals surface area contributed by atoms with Crippen molar-refractivity contribution in [3.05, 3.63) is 57.3 Å². The molecule has 0 bridgehead atoms. The Kier molecular flexibility index (Phi) is 5.47. The topological polar surface area (TPSA) is 78.0 Å². The van der Waals surface area contributed by atoms with Crippen molar-refractivity contribution < 1.29 is 8.42 Å². The number of primary sulfonamides is 1. The van der Waals surface area contributed by atoms with Crippen molar-refractivity contribution in [1.29, 1.82) is 0 Å². The van der Waals surface area contributed by atoms with Crippen molar-refractivity contribution in [1.82, 2.24) is 9.55 Å². The number of fused-ring (bicyclic) bond motifs is 1. The highest BCUT2D eigenvalue weighted by Gasteiger charge is 2.24. The van der Waals surface area contributed by atoms with Crippen LogP contribution in [0.15, 0.2) is 40.0 Å². The van der Waals surface area contributed by atoms with E-state index in [1.807, 2.05) is 38.2 Å². The molecule has 0 saturated heterocycles. The molecule has 5 nitrogen and oxygen atoms in total. The molecule has 0 aliphatic heterocycles. The highest BCUT2D eigenvalue weighted by molar-refractivity contribution is 9.10. The molecule has 1 aromatic carbocycles. The molecule has 2 heterocycles. The van der Waals surface area contributed by atoms with Crippen LogP contribution in [-0.4, -0.2) is 18.0 Å². The smallest absolute Gasteiger partial charge is 0.238 e. The van der Waals surface area contributed by atoms with Crippen LogP contribution in [0.2, 0.25) is 0 Å². The number of nitrogens with two attached hydrogens (primary N) is 1. The number of sulfonamides is 1. The second-order valence-electron chi connectivity index (χ2n) is 7.03. The van der Waals surface area contributed by atoms with Crippen LogP contribution in [0.1, 0.15) is 41.5 Å². The summed E-state index contributed by atoms with van der Waals surface area (Å²) in [4.78, 5) is 4.76. The fourth-order valence-electron chi connectivity index (χ4n) is 4.13. The Hall–Kier alpha value is -1.70. The average Bonchev–Trinajstić information content (AvgIpc) is 2.88. The van der Waals surface area contributed by atoms with E-state index in [9.17, 15) is 8.42 Å². The monoisotopic (exact) mass is 449 g/mol. The van der Waals surface area contributed by atoms with E-state index in [2.05, 4.69) is 32.4 Å². The Labute approximate surface area is 168 Å². The number of nitrogens with zero attached hydrogens (tertiary/aromatic N) is 2. The molecule has 3 rings (SSSR count). The number of hydrogen-bond donors (Lipinski definition) is 1. The first kappa shape index (κ1) is 20.0. The predicted molar refractivity (Wildman–Crippen MR) is 112 cm³/mol. The van der Waals surface area contributed by atoms with E-state index in [0.717, 1.165) is 38.6 Å². The molecule has 2 aromatic heterocycles. The number of halogens is 1. The van der Waals surface area contributed by atoms with Crippen LogP contribution in [0.3, 0.4) is 0 Å². The van der Waals surface area contributed by atoms with Gasteiger partial charge in [0.15, 0.2) is 0 Å². The number of rotatable bonds is 5. The zero-order valence-corrected chi connectivity index (χ0v) is 18.4. The zero-order valence-electron chi connectivity index (χ0n) is 16.0. The minimum absolute atomic E-state index is 0.149. The summed E-state index contributed by atoms with van der Waals surface area (Å²) >= 11 is 3.61. The van der Waals surface area contributed by atoms with E-state index in [4.69, 9.17) is 5.14 Å². The molecule has 144 valence electrons. The summed E-state index contributed by atoms with van der Waals surface area (Å²) in [7, 11) is -3.78. The summed E-state index contributed by atoms with van der Waals surface area (Å²) < 4.78 is 27.4. The molecule has 0 fully saturated rings. The van der Waals surface area contributed by atoms with Crippen LogP contribution in [-0.2, 0) is 16.6 Å². The Morgan fingerprint density at radius 2 is 1.96 bits per heavy atom. The van der Waals surface area contributed by atoms with Gasteiger partial charge in [-0.2, -0.15) is 0 Å². The Morgan fingerprint density at radius 3 is 2.59 bits per heavy atom. The maximum atomic E-state index is 12.1. The van der Waals surface area contributed by atoms with E-state index in [1.165, 1.54) is 0 Å². The largest absolute Gasteiger partial charge is 0.331 e. The number of aryl methyl sites for hydroxylation is 2. The van der Waals surface area contributed by atoms with Gasteiger partial charge in [-0.3, -0.25) is 0 Å². The van der Waals surface area contributed by atoms with Crippen molar-refractivity contribution in [2.75, 3.05) is 0 Å². The van der Waals surface area contributed by atoms with Gasteiger partial charge in [0, 0.05) is 34.7 Å². The van der Waals surface area contributed by atoms with Gasteiger partial charge in [-0.05, 0) is 77.5 Å².